The molecule has 1 atom stereocenters. The zero-order valence-electron chi connectivity index (χ0n) is 9.87. The fraction of sp³-hybridized carbons (Fsp3) is 0.583. The maximum Gasteiger partial charge on any atom is 0.363 e. The molecule has 0 bridgehead atoms. The Morgan fingerprint density at radius 3 is 2.83 bits per heavy atom. The minimum absolute atomic E-state index is 0.117. The monoisotopic (exact) mass is 250 g/mol. The van der Waals surface area contributed by atoms with Gasteiger partial charge in [-0.25, -0.2) is 0 Å². The van der Waals surface area contributed by atoms with Gasteiger partial charge in [-0.1, -0.05) is 0 Å². The van der Waals surface area contributed by atoms with Crippen LogP contribution in [0.3, 0.4) is 0 Å². The second-order valence-electron chi connectivity index (χ2n) is 4.84. The highest BCUT2D eigenvalue weighted by molar-refractivity contribution is 5.28. The Hall–Kier alpha value is -1.69. The highest BCUT2D eigenvalue weighted by atomic mass is 16.6. The topological polar surface area (TPSA) is 74.5 Å². The molecule has 1 saturated heterocycles. The molecule has 6 heteroatoms. The van der Waals surface area contributed by atoms with E-state index in [0.717, 1.165) is 32.5 Å². The van der Waals surface area contributed by atoms with Crippen molar-refractivity contribution < 1.29 is 14.4 Å². The van der Waals surface area contributed by atoms with Crippen molar-refractivity contribution in [1.29, 1.82) is 0 Å². The molecule has 1 saturated carbocycles. The maximum absolute atomic E-state index is 10.5. The highest BCUT2D eigenvalue weighted by Gasteiger charge is 2.53. The zero-order valence-corrected chi connectivity index (χ0v) is 9.87. The molecule has 0 aromatic carbocycles. The molecule has 0 N–H and O–H groups in total. The summed E-state index contributed by atoms with van der Waals surface area (Å²) in [4.78, 5) is 13.8. The van der Waals surface area contributed by atoms with Gasteiger partial charge in [-0.15, -0.1) is 0 Å². The average Bonchev–Trinajstić information content (AvgIpc) is 2.93. The second-order valence-corrected chi connectivity index (χ2v) is 4.84. The number of pyridine rings is 1. The van der Waals surface area contributed by atoms with Crippen LogP contribution >= 0.6 is 0 Å². The van der Waals surface area contributed by atoms with E-state index in [9.17, 15) is 10.1 Å². The summed E-state index contributed by atoms with van der Waals surface area (Å²) < 4.78 is 11.4. The molecule has 1 aliphatic heterocycles. The number of aromatic nitrogens is 1. The lowest BCUT2D eigenvalue weighted by molar-refractivity contribution is -0.389. The second kappa shape index (κ2) is 4.20. The van der Waals surface area contributed by atoms with E-state index < -0.39 is 4.92 Å². The molecule has 3 rings (SSSR count). The largest absolute Gasteiger partial charge is 0.483 e. The molecule has 0 spiro atoms. The molecular formula is C12H14N2O4. The lowest BCUT2D eigenvalue weighted by Crippen LogP contribution is -2.29. The Labute approximate surface area is 104 Å². The molecule has 1 aliphatic carbocycles. The molecule has 0 amide bonds. The standard InChI is InChI=1S/C12H14N2O4/c15-14(16)11-2-1-10(7-13-11)18-12(4-5-12)9-3-6-17-8-9/h1-2,7,9H,3-6,8H2/t9-/m1/s1. The third-order valence-corrected chi connectivity index (χ3v) is 3.65. The van der Waals surface area contributed by atoms with E-state index in [1.807, 2.05) is 0 Å². The van der Waals surface area contributed by atoms with Crippen molar-refractivity contribution in [3.8, 4) is 5.75 Å². The minimum atomic E-state index is -0.512. The van der Waals surface area contributed by atoms with Crippen molar-refractivity contribution in [3.05, 3.63) is 28.4 Å². The van der Waals surface area contributed by atoms with Crippen LogP contribution in [0, 0.1) is 16.0 Å². The number of hydrogen-bond donors (Lipinski definition) is 0. The van der Waals surface area contributed by atoms with Gasteiger partial charge in [-0.05, 0) is 35.2 Å². The van der Waals surface area contributed by atoms with Gasteiger partial charge in [0.25, 0.3) is 0 Å². The van der Waals surface area contributed by atoms with Crippen molar-refractivity contribution in [3.63, 3.8) is 0 Å². The number of nitro groups is 1. The molecule has 0 unspecified atom stereocenters. The van der Waals surface area contributed by atoms with Crippen LogP contribution in [-0.4, -0.2) is 28.7 Å². The molecule has 6 nitrogen and oxygen atoms in total. The van der Waals surface area contributed by atoms with Gasteiger partial charge in [0.15, 0.2) is 11.9 Å². The Balaban J connectivity index is 1.70. The Morgan fingerprint density at radius 1 is 1.50 bits per heavy atom. The normalized spacial score (nSPS) is 24.8. The first-order valence-corrected chi connectivity index (χ1v) is 6.07. The number of hydrogen-bond acceptors (Lipinski definition) is 5. The molecular weight excluding hydrogens is 236 g/mol. The summed E-state index contributed by atoms with van der Waals surface area (Å²) in [6.45, 7) is 1.55. The smallest absolute Gasteiger partial charge is 0.363 e. The third kappa shape index (κ3) is 2.03. The van der Waals surface area contributed by atoms with Gasteiger partial charge in [-0.3, -0.25) is 0 Å². The van der Waals surface area contributed by atoms with Crippen LogP contribution in [0.4, 0.5) is 5.82 Å². The zero-order chi connectivity index (χ0) is 12.6. The fourth-order valence-electron chi connectivity index (χ4n) is 2.44. The summed E-state index contributed by atoms with van der Waals surface area (Å²) in [6, 6.07) is 2.98. The molecule has 96 valence electrons. The Kier molecular flexibility index (Phi) is 2.66. The predicted molar refractivity (Wildman–Crippen MR) is 62.4 cm³/mol. The van der Waals surface area contributed by atoms with Crippen molar-refractivity contribution in [2.24, 2.45) is 5.92 Å². The quantitative estimate of drug-likeness (QED) is 0.603. The molecule has 18 heavy (non-hydrogen) atoms. The van der Waals surface area contributed by atoms with Crippen molar-refractivity contribution >= 4 is 5.82 Å². The van der Waals surface area contributed by atoms with Gasteiger partial charge in [0.05, 0.1) is 6.61 Å². The summed E-state index contributed by atoms with van der Waals surface area (Å²) >= 11 is 0. The van der Waals surface area contributed by atoms with Crippen LogP contribution in [0.5, 0.6) is 5.75 Å². The van der Waals surface area contributed by atoms with Crippen LogP contribution < -0.4 is 4.74 Å². The van der Waals surface area contributed by atoms with Gasteiger partial charge in [0.2, 0.25) is 0 Å². The van der Waals surface area contributed by atoms with E-state index in [2.05, 4.69) is 4.98 Å². The number of rotatable bonds is 4. The van der Waals surface area contributed by atoms with Gasteiger partial charge in [0, 0.05) is 18.6 Å². The Morgan fingerprint density at radius 2 is 2.33 bits per heavy atom. The van der Waals surface area contributed by atoms with Crippen molar-refractivity contribution in [1.82, 2.24) is 4.98 Å². The SMILES string of the molecule is O=[N+]([O-])c1ccc(OC2([C@@H]3CCOC3)CC2)cn1. The summed E-state index contributed by atoms with van der Waals surface area (Å²) in [6.07, 6.45) is 4.50. The van der Waals surface area contributed by atoms with Gasteiger partial charge >= 0.3 is 5.82 Å². The minimum Gasteiger partial charge on any atom is -0.483 e. The van der Waals surface area contributed by atoms with E-state index >= 15 is 0 Å². The highest BCUT2D eigenvalue weighted by Crippen LogP contribution is 2.49. The van der Waals surface area contributed by atoms with Crippen LogP contribution in [0.2, 0.25) is 0 Å². The molecule has 2 fully saturated rings. The van der Waals surface area contributed by atoms with E-state index in [-0.39, 0.29) is 11.4 Å². The predicted octanol–water partition coefficient (Wildman–Crippen LogP) is 1.94. The first-order valence-electron chi connectivity index (χ1n) is 6.07. The number of nitrogens with zero attached hydrogens (tertiary/aromatic N) is 2. The molecule has 0 radical (unpaired) electrons. The number of ether oxygens (including phenoxy) is 2. The fourth-order valence-corrected chi connectivity index (χ4v) is 2.44. The summed E-state index contributed by atoms with van der Waals surface area (Å²) in [5.41, 5.74) is -0.117. The van der Waals surface area contributed by atoms with Gasteiger partial charge < -0.3 is 19.6 Å². The van der Waals surface area contributed by atoms with Crippen molar-refractivity contribution in [2.75, 3.05) is 13.2 Å². The van der Waals surface area contributed by atoms with Gasteiger partial charge in [0.1, 0.15) is 5.60 Å². The molecule has 2 aliphatic rings. The van der Waals surface area contributed by atoms with E-state index in [0.29, 0.717) is 11.7 Å². The summed E-state index contributed by atoms with van der Waals surface area (Å²) in [7, 11) is 0. The van der Waals surface area contributed by atoms with Crippen LogP contribution in [0.25, 0.3) is 0 Å². The summed E-state index contributed by atoms with van der Waals surface area (Å²) in [5, 5.41) is 10.5. The first kappa shape index (κ1) is 11.4. The van der Waals surface area contributed by atoms with Crippen LogP contribution in [0.1, 0.15) is 19.3 Å². The Bertz CT molecular complexity index is 450. The van der Waals surface area contributed by atoms with E-state index in [1.165, 1.54) is 12.3 Å². The summed E-state index contributed by atoms with van der Waals surface area (Å²) in [5.74, 6) is 0.883. The van der Waals surface area contributed by atoms with Gasteiger partial charge in [-0.2, -0.15) is 0 Å². The van der Waals surface area contributed by atoms with E-state index in [1.54, 1.807) is 6.07 Å². The molecule has 1 aromatic rings. The van der Waals surface area contributed by atoms with Crippen LogP contribution in [-0.2, 0) is 4.74 Å². The third-order valence-electron chi connectivity index (χ3n) is 3.65. The lowest BCUT2D eigenvalue weighted by Gasteiger charge is -2.22. The maximum atomic E-state index is 10.5. The van der Waals surface area contributed by atoms with E-state index in [4.69, 9.17) is 9.47 Å². The van der Waals surface area contributed by atoms with Crippen LogP contribution in [0.15, 0.2) is 18.3 Å². The first-order chi connectivity index (χ1) is 8.70. The lowest BCUT2D eigenvalue weighted by atomic mass is 9.99. The molecule has 1 aromatic heterocycles. The van der Waals surface area contributed by atoms with Crippen molar-refractivity contribution in [2.45, 2.75) is 24.9 Å². The molecule has 2 heterocycles. The average molecular weight is 250 g/mol.